The van der Waals surface area contributed by atoms with Crippen LogP contribution in [0.15, 0.2) is 48.5 Å². The molecule has 0 N–H and O–H groups in total. The minimum Gasteiger partial charge on any atom is -0.258 e. The number of non-ortho nitro benzene ring substituents is 1. The van der Waals surface area contributed by atoms with Crippen LogP contribution in [0.5, 0.6) is 0 Å². The molecule has 0 heterocycles. The van der Waals surface area contributed by atoms with Gasteiger partial charge in [0.05, 0.1) is 4.92 Å². The summed E-state index contributed by atoms with van der Waals surface area (Å²) in [6.45, 7) is 0. The maximum absolute atomic E-state index is 10.6. The fourth-order valence-corrected chi connectivity index (χ4v) is 2.86. The third-order valence-corrected chi connectivity index (χ3v) is 4.25. The Morgan fingerprint density at radius 3 is 1.80 bits per heavy atom. The van der Waals surface area contributed by atoms with Crippen molar-refractivity contribution in [3.05, 3.63) is 75.3 Å². The van der Waals surface area contributed by atoms with Crippen LogP contribution in [0.2, 0.25) is 0 Å². The van der Waals surface area contributed by atoms with Crippen molar-refractivity contribution in [1.29, 1.82) is 0 Å². The molecule has 0 atom stereocenters. The van der Waals surface area contributed by atoms with Gasteiger partial charge in [-0.15, -0.1) is 11.6 Å². The van der Waals surface area contributed by atoms with E-state index in [2.05, 4.69) is 12.1 Å². The average Bonchev–Trinajstić information content (AvgIpc) is 2.48. The molecule has 0 spiro atoms. The Morgan fingerprint density at radius 2 is 1.35 bits per heavy atom. The van der Waals surface area contributed by atoms with Gasteiger partial charge in [-0.3, -0.25) is 10.1 Å². The van der Waals surface area contributed by atoms with E-state index >= 15 is 0 Å². The molecule has 20 heavy (non-hydrogen) atoms. The van der Waals surface area contributed by atoms with Crippen LogP contribution >= 0.6 is 23.4 Å². The topological polar surface area (TPSA) is 43.1 Å². The maximum atomic E-state index is 10.6. The molecule has 3 nitrogen and oxygen atoms in total. The van der Waals surface area contributed by atoms with Crippen molar-refractivity contribution >= 4 is 29.1 Å². The third kappa shape index (κ3) is 4.25. The standard InChI is InChI=1S/C15H14ClNO2S/c16-9-12-1-3-13(4-2-12)10-20-11-14-5-7-15(8-6-14)17(18)19/h1-8H,9-11H2. The summed E-state index contributed by atoms with van der Waals surface area (Å²) in [6, 6.07) is 14.9. The third-order valence-electron chi connectivity index (χ3n) is 2.86. The molecule has 2 aromatic carbocycles. The maximum Gasteiger partial charge on any atom is 0.269 e. The van der Waals surface area contributed by atoms with E-state index in [4.69, 9.17) is 11.6 Å². The predicted molar refractivity (Wildman–Crippen MR) is 84.1 cm³/mol. The number of benzene rings is 2. The number of nitrogens with zero attached hydrogens (tertiary/aromatic N) is 1. The summed E-state index contributed by atoms with van der Waals surface area (Å²) >= 11 is 7.53. The number of halogens is 1. The van der Waals surface area contributed by atoms with Crippen molar-refractivity contribution in [1.82, 2.24) is 0 Å². The first-order valence-electron chi connectivity index (χ1n) is 6.14. The molecular weight excluding hydrogens is 294 g/mol. The highest BCUT2D eigenvalue weighted by Gasteiger charge is 2.03. The van der Waals surface area contributed by atoms with E-state index in [1.165, 1.54) is 5.56 Å². The van der Waals surface area contributed by atoms with Crippen molar-refractivity contribution in [2.24, 2.45) is 0 Å². The van der Waals surface area contributed by atoms with Gasteiger partial charge in [0, 0.05) is 29.5 Å². The number of alkyl halides is 1. The molecule has 2 aromatic rings. The van der Waals surface area contributed by atoms with E-state index in [-0.39, 0.29) is 10.6 Å². The number of hydrogen-bond donors (Lipinski definition) is 0. The molecule has 5 heteroatoms. The molecule has 0 unspecified atom stereocenters. The van der Waals surface area contributed by atoms with E-state index in [1.54, 1.807) is 23.9 Å². The van der Waals surface area contributed by atoms with Crippen molar-refractivity contribution in [2.45, 2.75) is 17.4 Å². The molecule has 0 fully saturated rings. The quantitative estimate of drug-likeness (QED) is 0.439. The minimum absolute atomic E-state index is 0.135. The average molecular weight is 308 g/mol. The summed E-state index contributed by atoms with van der Waals surface area (Å²) in [7, 11) is 0. The van der Waals surface area contributed by atoms with Crippen LogP contribution in [-0.4, -0.2) is 4.92 Å². The SMILES string of the molecule is O=[N+]([O-])c1ccc(CSCc2ccc(CCl)cc2)cc1. The van der Waals surface area contributed by atoms with Gasteiger partial charge >= 0.3 is 0 Å². The second-order valence-corrected chi connectivity index (χ2v) is 5.62. The fourth-order valence-electron chi connectivity index (χ4n) is 1.73. The summed E-state index contributed by atoms with van der Waals surface area (Å²) in [5.74, 6) is 2.30. The number of nitro benzene ring substituents is 1. The minimum atomic E-state index is -0.380. The van der Waals surface area contributed by atoms with E-state index in [0.717, 1.165) is 22.6 Å². The largest absolute Gasteiger partial charge is 0.269 e. The molecule has 0 aliphatic rings. The van der Waals surface area contributed by atoms with Crippen LogP contribution in [0.1, 0.15) is 16.7 Å². The van der Waals surface area contributed by atoms with Crippen LogP contribution in [0.4, 0.5) is 5.69 Å². The Kier molecular flexibility index (Phi) is 5.44. The Balaban J connectivity index is 1.84. The highest BCUT2D eigenvalue weighted by Crippen LogP contribution is 2.20. The van der Waals surface area contributed by atoms with Crippen molar-refractivity contribution in [3.8, 4) is 0 Å². The zero-order chi connectivity index (χ0) is 14.4. The second kappa shape index (κ2) is 7.31. The monoisotopic (exact) mass is 307 g/mol. The number of nitro groups is 1. The van der Waals surface area contributed by atoms with Crippen LogP contribution < -0.4 is 0 Å². The van der Waals surface area contributed by atoms with Crippen LogP contribution in [0, 0.1) is 10.1 Å². The van der Waals surface area contributed by atoms with Crippen molar-refractivity contribution in [2.75, 3.05) is 0 Å². The number of thioether (sulfide) groups is 1. The normalized spacial score (nSPS) is 10.4. The first-order chi connectivity index (χ1) is 9.69. The van der Waals surface area contributed by atoms with Gasteiger partial charge in [0.25, 0.3) is 5.69 Å². The highest BCUT2D eigenvalue weighted by atomic mass is 35.5. The van der Waals surface area contributed by atoms with Gasteiger partial charge in [0.15, 0.2) is 0 Å². The van der Waals surface area contributed by atoms with Gasteiger partial charge in [0.2, 0.25) is 0 Å². The van der Waals surface area contributed by atoms with Crippen LogP contribution in [0.25, 0.3) is 0 Å². The van der Waals surface area contributed by atoms with Crippen LogP contribution in [0.3, 0.4) is 0 Å². The molecule has 0 amide bonds. The Bertz CT molecular complexity index is 569. The Hall–Kier alpha value is -1.52. The van der Waals surface area contributed by atoms with Gasteiger partial charge in [-0.25, -0.2) is 0 Å². The van der Waals surface area contributed by atoms with Gasteiger partial charge in [-0.05, 0) is 16.7 Å². The summed E-state index contributed by atoms with van der Waals surface area (Å²) in [6.07, 6.45) is 0. The molecule has 0 saturated carbocycles. The predicted octanol–water partition coefficient (Wildman–Crippen LogP) is 4.77. The lowest BCUT2D eigenvalue weighted by Gasteiger charge is -2.03. The second-order valence-electron chi connectivity index (χ2n) is 4.37. The summed E-state index contributed by atoms with van der Waals surface area (Å²) in [4.78, 5) is 10.2. The lowest BCUT2D eigenvalue weighted by molar-refractivity contribution is -0.384. The van der Waals surface area contributed by atoms with E-state index < -0.39 is 0 Å². The molecule has 0 radical (unpaired) electrons. The molecular formula is C15H14ClNO2S. The van der Waals surface area contributed by atoms with E-state index in [9.17, 15) is 10.1 Å². The summed E-state index contributed by atoms with van der Waals surface area (Å²) in [5.41, 5.74) is 3.61. The first-order valence-corrected chi connectivity index (χ1v) is 7.83. The van der Waals surface area contributed by atoms with Crippen molar-refractivity contribution < 1.29 is 4.92 Å². The first kappa shape index (κ1) is 14.9. The molecule has 104 valence electrons. The zero-order valence-corrected chi connectivity index (χ0v) is 12.4. The van der Waals surface area contributed by atoms with Crippen molar-refractivity contribution in [3.63, 3.8) is 0 Å². The van der Waals surface area contributed by atoms with Crippen LogP contribution in [-0.2, 0) is 17.4 Å². The van der Waals surface area contributed by atoms with E-state index in [0.29, 0.717) is 5.88 Å². The molecule has 0 aromatic heterocycles. The molecule has 0 aliphatic carbocycles. The lowest BCUT2D eigenvalue weighted by atomic mass is 10.2. The molecule has 0 aliphatic heterocycles. The smallest absolute Gasteiger partial charge is 0.258 e. The van der Waals surface area contributed by atoms with Gasteiger partial charge in [-0.1, -0.05) is 36.4 Å². The molecule has 2 rings (SSSR count). The summed E-state index contributed by atoms with van der Waals surface area (Å²) in [5, 5.41) is 10.6. The van der Waals surface area contributed by atoms with Gasteiger partial charge < -0.3 is 0 Å². The summed E-state index contributed by atoms with van der Waals surface area (Å²) < 4.78 is 0. The fraction of sp³-hybridized carbons (Fsp3) is 0.200. The van der Waals surface area contributed by atoms with E-state index in [1.807, 2.05) is 24.3 Å². The zero-order valence-electron chi connectivity index (χ0n) is 10.8. The Labute approximate surface area is 127 Å². The molecule has 0 saturated heterocycles. The lowest BCUT2D eigenvalue weighted by Crippen LogP contribution is -1.88. The number of rotatable bonds is 6. The van der Waals surface area contributed by atoms with Gasteiger partial charge in [0.1, 0.15) is 0 Å². The Morgan fingerprint density at radius 1 is 0.900 bits per heavy atom. The molecule has 0 bridgehead atoms. The van der Waals surface area contributed by atoms with Gasteiger partial charge in [-0.2, -0.15) is 11.8 Å². The highest BCUT2D eigenvalue weighted by molar-refractivity contribution is 7.97. The number of hydrogen-bond acceptors (Lipinski definition) is 3.